The third-order valence-corrected chi connectivity index (χ3v) is 5.17. The molecule has 0 aromatic heterocycles. The Morgan fingerprint density at radius 2 is 1.81 bits per heavy atom. The van der Waals surface area contributed by atoms with Crippen molar-refractivity contribution in [1.82, 2.24) is 0 Å². The molecule has 1 fully saturated rings. The second-order valence-corrected chi connectivity index (χ2v) is 7.39. The average Bonchev–Trinajstić information content (AvgIpc) is 2.68. The first-order chi connectivity index (χ1) is 12.6. The van der Waals surface area contributed by atoms with Crippen LogP contribution in [0.15, 0.2) is 48.5 Å². The lowest BCUT2D eigenvalue weighted by Gasteiger charge is -2.23. The molecule has 0 radical (unpaired) electrons. The average molecular weight is 393 g/mol. The molecule has 1 unspecified atom stereocenters. The van der Waals surface area contributed by atoms with Gasteiger partial charge in [0.2, 0.25) is 0 Å². The Morgan fingerprint density at radius 3 is 2.54 bits per heavy atom. The fraction of sp³-hybridized carbons (Fsp3) is 0.381. The highest BCUT2D eigenvalue weighted by Gasteiger charge is 2.27. The molecule has 0 N–H and O–H groups in total. The number of carbonyl (C=O) groups is 1. The summed E-state index contributed by atoms with van der Waals surface area (Å²) in [6.07, 6.45) is 5.15. The van der Waals surface area contributed by atoms with E-state index in [4.69, 9.17) is 32.7 Å². The smallest absolute Gasteiger partial charge is 0.329 e. The fourth-order valence-electron chi connectivity index (χ4n) is 3.12. The highest BCUT2D eigenvalue weighted by atomic mass is 35.5. The standard InChI is InChI=1S/C21H22Cl2O3/c22-16-11-12-19(25-14-15-7-3-1-4-8-15)18(13-16)20(23)21(24)26-17-9-5-2-6-10-17/h1,3-4,7-8,11-13,17,20H,2,5-6,9-10,14H2. The maximum absolute atomic E-state index is 12.5. The molecule has 3 nitrogen and oxygen atoms in total. The molecule has 1 aliphatic rings. The van der Waals surface area contributed by atoms with Gasteiger partial charge in [-0.05, 0) is 49.4 Å². The number of halogens is 2. The maximum Gasteiger partial charge on any atom is 0.329 e. The highest BCUT2D eigenvalue weighted by Crippen LogP contribution is 2.34. The van der Waals surface area contributed by atoms with Crippen molar-refractivity contribution in [2.45, 2.75) is 50.2 Å². The van der Waals surface area contributed by atoms with Gasteiger partial charge in [-0.15, -0.1) is 11.6 Å². The van der Waals surface area contributed by atoms with Crippen LogP contribution >= 0.6 is 23.2 Å². The Bertz CT molecular complexity index is 727. The van der Waals surface area contributed by atoms with E-state index in [0.29, 0.717) is 22.9 Å². The van der Waals surface area contributed by atoms with Gasteiger partial charge < -0.3 is 9.47 Å². The zero-order valence-corrected chi connectivity index (χ0v) is 16.0. The van der Waals surface area contributed by atoms with Crippen LogP contribution in [0.1, 0.15) is 48.6 Å². The molecule has 2 aromatic rings. The van der Waals surface area contributed by atoms with Crippen molar-refractivity contribution in [2.75, 3.05) is 0 Å². The van der Waals surface area contributed by atoms with E-state index in [0.717, 1.165) is 31.2 Å². The number of rotatable bonds is 6. The molecule has 0 bridgehead atoms. The highest BCUT2D eigenvalue weighted by molar-refractivity contribution is 6.32. The summed E-state index contributed by atoms with van der Waals surface area (Å²) in [5.74, 6) is 0.101. The first-order valence-electron chi connectivity index (χ1n) is 8.94. The Kier molecular flexibility index (Phi) is 6.81. The quantitative estimate of drug-likeness (QED) is 0.441. The van der Waals surface area contributed by atoms with Crippen molar-refractivity contribution in [1.29, 1.82) is 0 Å². The summed E-state index contributed by atoms with van der Waals surface area (Å²) in [5.41, 5.74) is 1.57. The molecule has 138 valence electrons. The number of alkyl halides is 1. The van der Waals surface area contributed by atoms with Crippen LogP contribution in [0, 0.1) is 0 Å². The molecule has 5 heteroatoms. The zero-order chi connectivity index (χ0) is 18.4. The number of hydrogen-bond donors (Lipinski definition) is 0. The normalized spacial score (nSPS) is 16.1. The molecule has 2 aromatic carbocycles. The van der Waals surface area contributed by atoms with Gasteiger partial charge in [0.25, 0.3) is 0 Å². The van der Waals surface area contributed by atoms with Crippen LogP contribution in [0.5, 0.6) is 5.75 Å². The van der Waals surface area contributed by atoms with Gasteiger partial charge in [-0.1, -0.05) is 48.4 Å². The Hall–Kier alpha value is -1.71. The van der Waals surface area contributed by atoms with Gasteiger partial charge >= 0.3 is 5.97 Å². The van der Waals surface area contributed by atoms with Gasteiger partial charge in [-0.3, -0.25) is 4.79 Å². The van der Waals surface area contributed by atoms with Crippen LogP contribution in [0.25, 0.3) is 0 Å². The van der Waals surface area contributed by atoms with Crippen LogP contribution in [0.4, 0.5) is 0 Å². The number of carbonyl (C=O) groups excluding carboxylic acids is 1. The van der Waals surface area contributed by atoms with Crippen LogP contribution in [0.2, 0.25) is 5.02 Å². The van der Waals surface area contributed by atoms with Crippen molar-refractivity contribution >= 4 is 29.2 Å². The molecule has 0 saturated heterocycles. The molecule has 1 saturated carbocycles. The van der Waals surface area contributed by atoms with Crippen molar-refractivity contribution in [2.24, 2.45) is 0 Å². The van der Waals surface area contributed by atoms with Crippen molar-refractivity contribution in [3.05, 3.63) is 64.7 Å². The molecule has 26 heavy (non-hydrogen) atoms. The molecule has 0 aliphatic heterocycles. The van der Waals surface area contributed by atoms with Crippen LogP contribution < -0.4 is 4.74 Å². The molecule has 1 aliphatic carbocycles. The van der Waals surface area contributed by atoms with Crippen LogP contribution in [0.3, 0.4) is 0 Å². The predicted molar refractivity (Wildman–Crippen MR) is 104 cm³/mol. The van der Waals surface area contributed by atoms with E-state index >= 15 is 0 Å². The number of benzene rings is 2. The minimum absolute atomic E-state index is 0.0367. The van der Waals surface area contributed by atoms with E-state index in [1.165, 1.54) is 6.42 Å². The molecule has 3 rings (SSSR count). The number of ether oxygens (including phenoxy) is 2. The number of esters is 1. The third kappa shape index (κ3) is 5.15. The summed E-state index contributed by atoms with van der Waals surface area (Å²) in [7, 11) is 0. The first-order valence-corrected chi connectivity index (χ1v) is 9.75. The van der Waals surface area contributed by atoms with Gasteiger partial charge in [0.15, 0.2) is 5.38 Å². The van der Waals surface area contributed by atoms with Crippen LogP contribution in [-0.4, -0.2) is 12.1 Å². The van der Waals surface area contributed by atoms with E-state index in [-0.39, 0.29) is 6.10 Å². The van der Waals surface area contributed by atoms with E-state index in [1.54, 1.807) is 18.2 Å². The lowest BCUT2D eigenvalue weighted by Crippen LogP contribution is -2.23. The Morgan fingerprint density at radius 1 is 1.08 bits per heavy atom. The Balaban J connectivity index is 1.70. The summed E-state index contributed by atoms with van der Waals surface area (Å²) in [4.78, 5) is 12.5. The topological polar surface area (TPSA) is 35.5 Å². The molecule has 0 amide bonds. The van der Waals surface area contributed by atoms with Gasteiger partial charge in [0.05, 0.1) is 0 Å². The minimum Gasteiger partial charge on any atom is -0.489 e. The lowest BCUT2D eigenvalue weighted by atomic mass is 9.98. The maximum atomic E-state index is 12.5. The van der Waals surface area contributed by atoms with Crippen LogP contribution in [-0.2, 0) is 16.1 Å². The second kappa shape index (κ2) is 9.29. The van der Waals surface area contributed by atoms with Gasteiger partial charge in [0, 0.05) is 10.6 Å². The molecule has 1 atom stereocenters. The van der Waals surface area contributed by atoms with E-state index in [9.17, 15) is 4.79 Å². The molecule has 0 spiro atoms. The summed E-state index contributed by atoms with van der Waals surface area (Å²) in [6, 6.07) is 14.9. The predicted octanol–water partition coefficient (Wildman–Crippen LogP) is 6.07. The summed E-state index contributed by atoms with van der Waals surface area (Å²) >= 11 is 12.5. The first kappa shape index (κ1) is 19.1. The largest absolute Gasteiger partial charge is 0.489 e. The van der Waals surface area contributed by atoms with E-state index < -0.39 is 11.3 Å². The fourth-order valence-corrected chi connectivity index (χ4v) is 3.52. The Labute approximate surface area is 164 Å². The van der Waals surface area contributed by atoms with Crippen molar-refractivity contribution < 1.29 is 14.3 Å². The zero-order valence-electron chi connectivity index (χ0n) is 14.5. The van der Waals surface area contributed by atoms with E-state index in [2.05, 4.69) is 0 Å². The summed E-state index contributed by atoms with van der Waals surface area (Å²) in [6.45, 7) is 0.386. The van der Waals surface area contributed by atoms with E-state index in [1.807, 2.05) is 30.3 Å². The van der Waals surface area contributed by atoms with Crippen molar-refractivity contribution in [3.8, 4) is 5.75 Å². The van der Waals surface area contributed by atoms with Gasteiger partial charge in [0.1, 0.15) is 18.5 Å². The summed E-state index contributed by atoms with van der Waals surface area (Å²) < 4.78 is 11.5. The van der Waals surface area contributed by atoms with Gasteiger partial charge in [-0.25, -0.2) is 0 Å². The van der Waals surface area contributed by atoms with Gasteiger partial charge in [-0.2, -0.15) is 0 Å². The second-order valence-electron chi connectivity index (χ2n) is 6.52. The monoisotopic (exact) mass is 392 g/mol. The molecular weight excluding hydrogens is 371 g/mol. The lowest BCUT2D eigenvalue weighted by molar-refractivity contribution is -0.150. The SMILES string of the molecule is O=C(OC1CCCCC1)C(Cl)c1cc(Cl)ccc1OCc1ccccc1. The van der Waals surface area contributed by atoms with Crippen molar-refractivity contribution in [3.63, 3.8) is 0 Å². The molecular formula is C21H22Cl2O3. The number of hydrogen-bond acceptors (Lipinski definition) is 3. The molecule has 0 heterocycles. The summed E-state index contributed by atoms with van der Waals surface area (Å²) in [5, 5.41) is -0.440. The third-order valence-electron chi connectivity index (χ3n) is 4.52. The minimum atomic E-state index is -0.943.